The molecule has 0 atom stereocenters. The number of rotatable bonds is 2. The lowest BCUT2D eigenvalue weighted by Crippen LogP contribution is -2.24. The Morgan fingerprint density at radius 2 is 2.20 bits per heavy atom. The Morgan fingerprint density at radius 3 is 2.95 bits per heavy atom. The van der Waals surface area contributed by atoms with Gasteiger partial charge in [0.25, 0.3) is 5.91 Å². The number of fused-ring (bicyclic) bond motifs is 1. The van der Waals surface area contributed by atoms with Crippen LogP contribution < -0.4 is 10.2 Å². The molecule has 2 heterocycles. The zero-order chi connectivity index (χ0) is 14.1. The van der Waals surface area contributed by atoms with E-state index in [0.29, 0.717) is 10.4 Å². The van der Waals surface area contributed by atoms with E-state index in [-0.39, 0.29) is 5.91 Å². The van der Waals surface area contributed by atoms with Gasteiger partial charge in [-0.1, -0.05) is 6.07 Å². The summed E-state index contributed by atoms with van der Waals surface area (Å²) in [6.07, 6.45) is 2.27. The minimum Gasteiger partial charge on any atom is -0.444 e. The lowest BCUT2D eigenvalue weighted by atomic mass is 10.0. The van der Waals surface area contributed by atoms with E-state index in [1.807, 2.05) is 12.1 Å². The van der Waals surface area contributed by atoms with Gasteiger partial charge in [0, 0.05) is 25.0 Å². The second kappa shape index (κ2) is 5.32. The molecule has 0 fully saturated rings. The molecule has 0 bridgehead atoms. The fourth-order valence-corrected chi connectivity index (χ4v) is 2.77. The van der Waals surface area contributed by atoms with Crippen LogP contribution in [0, 0.1) is 0 Å². The average molecular weight is 335 g/mol. The average Bonchev–Trinajstić information content (AvgIpc) is 2.86. The number of nitrogens with zero attached hydrogens (tertiary/aromatic N) is 1. The minimum atomic E-state index is -0.242. The monoisotopic (exact) mass is 334 g/mol. The van der Waals surface area contributed by atoms with Crippen molar-refractivity contribution in [2.75, 3.05) is 23.8 Å². The molecular weight excluding hydrogens is 320 g/mol. The number of benzene rings is 1. The first-order chi connectivity index (χ1) is 9.63. The molecule has 0 aliphatic carbocycles. The maximum Gasteiger partial charge on any atom is 0.291 e. The van der Waals surface area contributed by atoms with Crippen LogP contribution in [0.1, 0.15) is 22.5 Å². The van der Waals surface area contributed by atoms with Gasteiger partial charge < -0.3 is 14.6 Å². The number of amides is 1. The second-order valence-electron chi connectivity index (χ2n) is 4.93. The fourth-order valence-electron chi connectivity index (χ4n) is 2.46. The molecule has 1 aliphatic heterocycles. The maximum absolute atomic E-state index is 12.0. The maximum atomic E-state index is 12.0. The van der Waals surface area contributed by atoms with Gasteiger partial charge in [0.15, 0.2) is 10.4 Å². The summed E-state index contributed by atoms with van der Waals surface area (Å²) in [6.45, 7) is 1.05. The van der Waals surface area contributed by atoms with Crippen LogP contribution in [0.15, 0.2) is 39.4 Å². The topological polar surface area (TPSA) is 45.5 Å². The van der Waals surface area contributed by atoms with E-state index in [1.165, 1.54) is 17.7 Å². The second-order valence-corrected chi connectivity index (χ2v) is 5.71. The van der Waals surface area contributed by atoms with Crippen LogP contribution >= 0.6 is 15.9 Å². The zero-order valence-corrected chi connectivity index (χ0v) is 12.7. The third-order valence-corrected chi connectivity index (χ3v) is 3.92. The molecule has 1 aromatic carbocycles. The SMILES string of the molecule is CN1CCCc2ccc(NC(=O)c3ccc(Br)o3)cc21. The Kier molecular flexibility index (Phi) is 3.53. The van der Waals surface area contributed by atoms with Crippen molar-refractivity contribution in [2.24, 2.45) is 0 Å². The summed E-state index contributed by atoms with van der Waals surface area (Å²) in [5.74, 6) is 0.0528. The molecule has 1 amide bonds. The first kappa shape index (κ1) is 13.2. The molecule has 5 heteroatoms. The summed E-state index contributed by atoms with van der Waals surface area (Å²) < 4.78 is 5.79. The van der Waals surface area contributed by atoms with E-state index in [4.69, 9.17) is 4.42 Å². The Balaban J connectivity index is 1.81. The third-order valence-electron chi connectivity index (χ3n) is 3.49. The predicted molar refractivity (Wildman–Crippen MR) is 82.4 cm³/mol. The molecule has 0 unspecified atom stereocenters. The van der Waals surface area contributed by atoms with Gasteiger partial charge in [-0.2, -0.15) is 0 Å². The quantitative estimate of drug-likeness (QED) is 0.911. The molecule has 2 aromatic rings. The molecular formula is C15H15BrN2O2. The van der Waals surface area contributed by atoms with E-state index in [2.05, 4.69) is 39.3 Å². The highest BCUT2D eigenvalue weighted by molar-refractivity contribution is 9.10. The summed E-state index contributed by atoms with van der Waals surface area (Å²) in [4.78, 5) is 14.3. The summed E-state index contributed by atoms with van der Waals surface area (Å²) in [5.41, 5.74) is 3.31. The number of anilines is 2. The Bertz CT molecular complexity index is 651. The summed E-state index contributed by atoms with van der Waals surface area (Å²) in [7, 11) is 2.08. The molecule has 0 radical (unpaired) electrons. The summed E-state index contributed by atoms with van der Waals surface area (Å²) >= 11 is 3.19. The van der Waals surface area contributed by atoms with Crippen molar-refractivity contribution in [3.63, 3.8) is 0 Å². The van der Waals surface area contributed by atoms with Crippen molar-refractivity contribution in [3.8, 4) is 0 Å². The highest BCUT2D eigenvalue weighted by Gasteiger charge is 2.16. The van der Waals surface area contributed by atoms with Crippen LogP contribution in [-0.2, 0) is 6.42 Å². The van der Waals surface area contributed by atoms with Crippen molar-refractivity contribution in [2.45, 2.75) is 12.8 Å². The number of halogens is 1. The van der Waals surface area contributed by atoms with Gasteiger partial charge in [-0.3, -0.25) is 4.79 Å². The highest BCUT2D eigenvalue weighted by Crippen LogP contribution is 2.29. The first-order valence-corrected chi connectivity index (χ1v) is 7.33. The van der Waals surface area contributed by atoms with Crippen LogP contribution in [0.3, 0.4) is 0 Å². The van der Waals surface area contributed by atoms with Crippen molar-refractivity contribution < 1.29 is 9.21 Å². The zero-order valence-electron chi connectivity index (χ0n) is 11.1. The van der Waals surface area contributed by atoms with Gasteiger partial charge >= 0.3 is 0 Å². The number of aryl methyl sites for hydroxylation is 1. The normalized spacial score (nSPS) is 14.0. The molecule has 1 aliphatic rings. The van der Waals surface area contributed by atoms with E-state index in [1.54, 1.807) is 12.1 Å². The van der Waals surface area contributed by atoms with Crippen molar-refractivity contribution >= 4 is 33.2 Å². The van der Waals surface area contributed by atoms with E-state index in [9.17, 15) is 4.79 Å². The highest BCUT2D eigenvalue weighted by atomic mass is 79.9. The molecule has 20 heavy (non-hydrogen) atoms. The van der Waals surface area contributed by atoms with Gasteiger partial charge in [-0.25, -0.2) is 0 Å². The molecule has 0 saturated heterocycles. The molecule has 3 rings (SSSR count). The molecule has 0 spiro atoms. The van der Waals surface area contributed by atoms with Crippen LogP contribution in [0.25, 0.3) is 0 Å². The number of carbonyl (C=O) groups is 1. The number of carbonyl (C=O) groups excluding carboxylic acids is 1. The third kappa shape index (κ3) is 2.58. The number of furan rings is 1. The van der Waals surface area contributed by atoms with E-state index < -0.39 is 0 Å². The lowest BCUT2D eigenvalue weighted by molar-refractivity contribution is 0.0995. The van der Waals surface area contributed by atoms with Gasteiger partial charge in [-0.15, -0.1) is 0 Å². The standard InChI is InChI=1S/C15H15BrN2O2/c1-18-8-2-3-10-4-5-11(9-12(10)18)17-15(19)13-6-7-14(16)20-13/h4-7,9H,2-3,8H2,1H3,(H,17,19). The summed E-state index contributed by atoms with van der Waals surface area (Å²) in [6, 6.07) is 9.39. The largest absolute Gasteiger partial charge is 0.444 e. The molecule has 4 nitrogen and oxygen atoms in total. The van der Waals surface area contributed by atoms with E-state index >= 15 is 0 Å². The molecule has 1 aromatic heterocycles. The van der Waals surface area contributed by atoms with Crippen LogP contribution in [-0.4, -0.2) is 19.5 Å². The molecule has 104 valence electrons. The lowest BCUT2D eigenvalue weighted by Gasteiger charge is -2.27. The molecule has 0 saturated carbocycles. The van der Waals surface area contributed by atoms with Crippen LogP contribution in [0.2, 0.25) is 0 Å². The minimum absolute atomic E-state index is 0.242. The fraction of sp³-hybridized carbons (Fsp3) is 0.267. The number of nitrogens with one attached hydrogen (secondary N) is 1. The van der Waals surface area contributed by atoms with Gasteiger partial charge in [0.2, 0.25) is 0 Å². The van der Waals surface area contributed by atoms with Crippen molar-refractivity contribution in [1.82, 2.24) is 0 Å². The Hall–Kier alpha value is -1.75. The van der Waals surface area contributed by atoms with Gasteiger partial charge in [0.05, 0.1) is 0 Å². The predicted octanol–water partition coefficient (Wildman–Crippen LogP) is 3.68. The Labute approximate surface area is 125 Å². The van der Waals surface area contributed by atoms with Crippen LogP contribution in [0.5, 0.6) is 0 Å². The number of hydrogen-bond acceptors (Lipinski definition) is 3. The smallest absolute Gasteiger partial charge is 0.291 e. The van der Waals surface area contributed by atoms with Gasteiger partial charge in [0.1, 0.15) is 0 Å². The van der Waals surface area contributed by atoms with Crippen molar-refractivity contribution in [3.05, 3.63) is 46.3 Å². The van der Waals surface area contributed by atoms with Gasteiger partial charge in [-0.05, 0) is 58.6 Å². The Morgan fingerprint density at radius 1 is 1.35 bits per heavy atom. The van der Waals surface area contributed by atoms with Crippen molar-refractivity contribution in [1.29, 1.82) is 0 Å². The van der Waals surface area contributed by atoms with Crippen LogP contribution in [0.4, 0.5) is 11.4 Å². The van der Waals surface area contributed by atoms with E-state index in [0.717, 1.165) is 18.7 Å². The summed E-state index contributed by atoms with van der Waals surface area (Å²) in [5, 5.41) is 2.86. The number of hydrogen-bond donors (Lipinski definition) is 1. The molecule has 1 N–H and O–H groups in total. The first-order valence-electron chi connectivity index (χ1n) is 6.54.